The van der Waals surface area contributed by atoms with E-state index in [1.54, 1.807) is 32.9 Å². The number of pyridine rings is 1. The molecule has 1 rings (SSSR count). The normalized spacial score (nSPS) is 10.7. The van der Waals surface area contributed by atoms with Crippen molar-refractivity contribution >= 4 is 28.1 Å². The van der Waals surface area contributed by atoms with Crippen molar-refractivity contribution in [2.24, 2.45) is 0 Å². The molecule has 0 bridgehead atoms. The summed E-state index contributed by atoms with van der Waals surface area (Å²) >= 11 is 3.24. The number of ether oxygens (including phenoxy) is 2. The van der Waals surface area contributed by atoms with E-state index in [4.69, 9.17) is 9.47 Å². The minimum absolute atomic E-state index is 0.109. The molecule has 1 aromatic rings. The molecule has 0 aliphatic carbocycles. The van der Waals surface area contributed by atoms with E-state index in [1.807, 2.05) is 5.32 Å². The Morgan fingerprint density at radius 1 is 1.32 bits per heavy atom. The minimum atomic E-state index is -0.937. The molecule has 0 spiro atoms. The fourth-order valence-electron chi connectivity index (χ4n) is 1.10. The van der Waals surface area contributed by atoms with E-state index in [-0.39, 0.29) is 5.88 Å². The molecule has 104 valence electrons. The third-order valence-corrected chi connectivity index (χ3v) is 2.29. The number of hydrogen-bond acceptors (Lipinski definition) is 5. The molecule has 2 amide bonds. The van der Waals surface area contributed by atoms with Gasteiger partial charge in [0.05, 0.1) is 5.69 Å². The van der Waals surface area contributed by atoms with Gasteiger partial charge in [-0.1, -0.05) is 22.0 Å². The zero-order valence-electron chi connectivity index (χ0n) is 10.9. The number of amides is 2. The molecule has 0 aliphatic heterocycles. The van der Waals surface area contributed by atoms with E-state index in [1.165, 1.54) is 6.07 Å². The van der Waals surface area contributed by atoms with Crippen LogP contribution < -0.4 is 10.1 Å². The lowest BCUT2D eigenvalue weighted by atomic mass is 10.2. The number of alkyl carbamates (subject to hydrolysis) is 1. The standard InChI is InChI=1S/C12H15BrN2O4/c1-12(2,3)19-11(17)15-10(16)18-9-6-4-5-8(7-13)14-9/h4-6H,7H2,1-3H3,(H,15,16,17). The van der Waals surface area contributed by atoms with Gasteiger partial charge >= 0.3 is 12.2 Å². The topological polar surface area (TPSA) is 77.5 Å². The van der Waals surface area contributed by atoms with Crippen LogP contribution in [0.25, 0.3) is 0 Å². The molecular formula is C12H15BrN2O4. The van der Waals surface area contributed by atoms with Crippen LogP contribution in [-0.4, -0.2) is 22.8 Å². The lowest BCUT2D eigenvalue weighted by Crippen LogP contribution is -2.37. The lowest BCUT2D eigenvalue weighted by molar-refractivity contribution is 0.0533. The van der Waals surface area contributed by atoms with Gasteiger partial charge in [0.2, 0.25) is 5.88 Å². The second-order valence-corrected chi connectivity index (χ2v) is 5.18. The van der Waals surface area contributed by atoms with Crippen molar-refractivity contribution in [3.63, 3.8) is 0 Å². The molecule has 0 atom stereocenters. The van der Waals surface area contributed by atoms with Gasteiger partial charge in [0.1, 0.15) is 5.60 Å². The first-order valence-electron chi connectivity index (χ1n) is 5.54. The fourth-order valence-corrected chi connectivity index (χ4v) is 1.41. The number of rotatable bonds is 2. The molecule has 6 nitrogen and oxygen atoms in total. The van der Waals surface area contributed by atoms with Crippen molar-refractivity contribution < 1.29 is 19.1 Å². The molecule has 1 heterocycles. The quantitative estimate of drug-likeness (QED) is 0.843. The van der Waals surface area contributed by atoms with Crippen LogP contribution in [0.5, 0.6) is 5.88 Å². The Hall–Kier alpha value is -1.63. The third-order valence-electron chi connectivity index (χ3n) is 1.72. The van der Waals surface area contributed by atoms with E-state index in [0.717, 1.165) is 0 Å². The zero-order valence-corrected chi connectivity index (χ0v) is 12.5. The second-order valence-electron chi connectivity index (χ2n) is 4.62. The predicted octanol–water partition coefficient (Wildman–Crippen LogP) is 3.00. The van der Waals surface area contributed by atoms with Crippen molar-refractivity contribution in [2.75, 3.05) is 0 Å². The van der Waals surface area contributed by atoms with Gasteiger partial charge in [-0.05, 0) is 26.8 Å². The number of hydrogen-bond donors (Lipinski definition) is 1. The van der Waals surface area contributed by atoms with Gasteiger partial charge in [0, 0.05) is 11.4 Å². The number of nitrogens with zero attached hydrogens (tertiary/aromatic N) is 1. The Morgan fingerprint density at radius 2 is 2.00 bits per heavy atom. The lowest BCUT2D eigenvalue weighted by Gasteiger charge is -2.18. The molecule has 7 heteroatoms. The summed E-state index contributed by atoms with van der Waals surface area (Å²) in [5.74, 6) is 0.109. The number of aromatic nitrogens is 1. The Labute approximate surface area is 119 Å². The summed E-state index contributed by atoms with van der Waals surface area (Å²) in [6, 6.07) is 4.98. The van der Waals surface area contributed by atoms with Crippen LogP contribution in [0.1, 0.15) is 26.5 Å². The second kappa shape index (κ2) is 6.51. The number of nitrogens with one attached hydrogen (secondary N) is 1. The minimum Gasteiger partial charge on any atom is -0.443 e. The van der Waals surface area contributed by atoms with Crippen molar-refractivity contribution in [1.82, 2.24) is 10.3 Å². The van der Waals surface area contributed by atoms with Gasteiger partial charge in [-0.15, -0.1) is 0 Å². The van der Waals surface area contributed by atoms with Crippen molar-refractivity contribution in [3.05, 3.63) is 23.9 Å². The van der Waals surface area contributed by atoms with Crippen LogP contribution in [0.2, 0.25) is 0 Å². The van der Waals surface area contributed by atoms with E-state index < -0.39 is 17.8 Å². The number of imide groups is 1. The predicted molar refractivity (Wildman–Crippen MR) is 72.3 cm³/mol. The smallest absolute Gasteiger partial charge is 0.423 e. The molecule has 1 aromatic heterocycles. The Kier molecular flexibility index (Phi) is 5.29. The number of alkyl halides is 1. The maximum Gasteiger partial charge on any atom is 0.423 e. The largest absolute Gasteiger partial charge is 0.443 e. The van der Waals surface area contributed by atoms with Crippen molar-refractivity contribution in [3.8, 4) is 5.88 Å². The Balaban J connectivity index is 2.53. The Morgan fingerprint density at radius 3 is 2.58 bits per heavy atom. The average molecular weight is 331 g/mol. The highest BCUT2D eigenvalue weighted by atomic mass is 79.9. The highest BCUT2D eigenvalue weighted by Crippen LogP contribution is 2.10. The molecule has 0 aliphatic rings. The number of carbonyl (C=O) groups is 2. The van der Waals surface area contributed by atoms with Gasteiger partial charge in [0.15, 0.2) is 0 Å². The Bertz CT molecular complexity index is 471. The first-order valence-corrected chi connectivity index (χ1v) is 6.66. The van der Waals surface area contributed by atoms with Crippen molar-refractivity contribution in [2.45, 2.75) is 31.7 Å². The molecule has 0 fully saturated rings. The van der Waals surface area contributed by atoms with Gasteiger partial charge < -0.3 is 9.47 Å². The van der Waals surface area contributed by atoms with E-state index >= 15 is 0 Å². The van der Waals surface area contributed by atoms with Crippen molar-refractivity contribution in [1.29, 1.82) is 0 Å². The van der Waals surface area contributed by atoms with Crippen LogP contribution in [0, 0.1) is 0 Å². The fraction of sp³-hybridized carbons (Fsp3) is 0.417. The van der Waals surface area contributed by atoms with Gasteiger partial charge in [-0.25, -0.2) is 19.9 Å². The molecule has 0 radical (unpaired) electrons. The molecule has 0 saturated heterocycles. The SMILES string of the molecule is CC(C)(C)OC(=O)NC(=O)Oc1cccc(CBr)n1. The zero-order chi connectivity index (χ0) is 14.5. The first-order chi connectivity index (χ1) is 8.80. The maximum atomic E-state index is 11.4. The summed E-state index contributed by atoms with van der Waals surface area (Å²) in [5, 5.41) is 2.49. The maximum absolute atomic E-state index is 11.4. The number of carbonyl (C=O) groups excluding carboxylic acids is 2. The van der Waals surface area contributed by atoms with Crippen LogP contribution in [0.3, 0.4) is 0 Å². The molecule has 0 aromatic carbocycles. The first kappa shape index (κ1) is 15.4. The highest BCUT2D eigenvalue weighted by Gasteiger charge is 2.19. The van der Waals surface area contributed by atoms with E-state index in [9.17, 15) is 9.59 Å². The van der Waals surface area contributed by atoms with Crippen LogP contribution >= 0.6 is 15.9 Å². The van der Waals surface area contributed by atoms with Gasteiger partial charge in [-0.2, -0.15) is 0 Å². The van der Waals surface area contributed by atoms with E-state index in [2.05, 4.69) is 20.9 Å². The third kappa shape index (κ3) is 6.19. The molecule has 0 unspecified atom stereocenters. The van der Waals surface area contributed by atoms with E-state index in [0.29, 0.717) is 11.0 Å². The van der Waals surface area contributed by atoms with Crippen LogP contribution in [-0.2, 0) is 10.1 Å². The monoisotopic (exact) mass is 330 g/mol. The summed E-state index contributed by atoms with van der Waals surface area (Å²) < 4.78 is 9.77. The van der Waals surface area contributed by atoms with Gasteiger partial charge in [-0.3, -0.25) is 0 Å². The molecule has 19 heavy (non-hydrogen) atoms. The summed E-state index contributed by atoms with van der Waals surface area (Å²) in [4.78, 5) is 26.8. The summed E-state index contributed by atoms with van der Waals surface area (Å²) in [6.45, 7) is 5.08. The van der Waals surface area contributed by atoms with Crippen LogP contribution in [0.15, 0.2) is 18.2 Å². The molecule has 1 N–H and O–H groups in total. The average Bonchev–Trinajstić information content (AvgIpc) is 2.26. The number of halogens is 1. The molecular weight excluding hydrogens is 316 g/mol. The molecule has 0 saturated carbocycles. The summed E-state index contributed by atoms with van der Waals surface area (Å²) in [6.07, 6.45) is -1.80. The van der Waals surface area contributed by atoms with Crippen LogP contribution in [0.4, 0.5) is 9.59 Å². The summed E-state index contributed by atoms with van der Waals surface area (Å²) in [5.41, 5.74) is 0.0287. The van der Waals surface area contributed by atoms with Gasteiger partial charge in [0.25, 0.3) is 0 Å². The summed E-state index contributed by atoms with van der Waals surface area (Å²) in [7, 11) is 0. The highest BCUT2D eigenvalue weighted by molar-refractivity contribution is 9.08.